The van der Waals surface area contributed by atoms with Crippen LogP contribution >= 0.6 is 0 Å². The Bertz CT molecular complexity index is 1480. The number of halogens is 3. The molecule has 2 aliphatic rings. The Morgan fingerprint density at radius 1 is 1.07 bits per heavy atom. The number of hydrogen-bond acceptors (Lipinski definition) is 6. The summed E-state index contributed by atoms with van der Waals surface area (Å²) < 4.78 is 43.9. The largest absolute Gasteiger partial charge is 0.457 e. The van der Waals surface area contributed by atoms with E-state index in [1.54, 1.807) is 54.4 Å². The summed E-state index contributed by atoms with van der Waals surface area (Å²) in [7, 11) is 0. The van der Waals surface area contributed by atoms with Gasteiger partial charge in [-0.05, 0) is 91.9 Å². The lowest BCUT2D eigenvalue weighted by molar-refractivity contribution is -0.137. The molecular weight excluding hydrogens is 559 g/mol. The van der Waals surface area contributed by atoms with Crippen LogP contribution in [0.2, 0.25) is 0 Å². The second-order valence-corrected chi connectivity index (χ2v) is 10.3. The number of ether oxygens (including phenoxy) is 1. The van der Waals surface area contributed by atoms with Gasteiger partial charge < -0.3 is 25.7 Å². The molecule has 0 spiro atoms. The average molecular weight is 592 g/mol. The SMILES string of the molecule is CC1=C(C(=O)NCCC#N)C=CC(=N)/C1=C\NCC1CCN(C(=O)c2ccc(Oc3ccc(C(F)(F)F)cc3)cc2)CC1. The topological polar surface area (TPSA) is 118 Å². The van der Waals surface area contributed by atoms with Gasteiger partial charge >= 0.3 is 6.18 Å². The zero-order valence-corrected chi connectivity index (χ0v) is 23.6. The Morgan fingerprint density at radius 3 is 2.30 bits per heavy atom. The maximum atomic E-state index is 13.0. The molecule has 0 bridgehead atoms. The fourth-order valence-corrected chi connectivity index (χ4v) is 4.85. The molecule has 1 fully saturated rings. The molecule has 2 aromatic carbocycles. The van der Waals surface area contributed by atoms with E-state index in [4.69, 9.17) is 15.4 Å². The number of allylic oxidation sites excluding steroid dienone is 3. The summed E-state index contributed by atoms with van der Waals surface area (Å²) >= 11 is 0. The van der Waals surface area contributed by atoms with Crippen molar-refractivity contribution in [2.45, 2.75) is 32.4 Å². The van der Waals surface area contributed by atoms with Crippen molar-refractivity contribution in [3.63, 3.8) is 0 Å². The van der Waals surface area contributed by atoms with Crippen LogP contribution in [-0.4, -0.2) is 48.6 Å². The summed E-state index contributed by atoms with van der Waals surface area (Å²) in [6.45, 7) is 3.91. The Kier molecular flexibility index (Phi) is 10.0. The molecule has 0 saturated carbocycles. The second kappa shape index (κ2) is 13.9. The number of hydrogen-bond donors (Lipinski definition) is 3. The number of nitriles is 1. The number of piperidine rings is 1. The highest BCUT2D eigenvalue weighted by atomic mass is 19.4. The van der Waals surface area contributed by atoms with Crippen molar-refractivity contribution in [3.8, 4) is 17.6 Å². The fourth-order valence-electron chi connectivity index (χ4n) is 4.85. The maximum Gasteiger partial charge on any atom is 0.416 e. The van der Waals surface area contributed by atoms with E-state index < -0.39 is 11.7 Å². The zero-order valence-electron chi connectivity index (χ0n) is 23.6. The molecule has 224 valence electrons. The summed E-state index contributed by atoms with van der Waals surface area (Å²) in [4.78, 5) is 27.3. The van der Waals surface area contributed by atoms with Gasteiger partial charge in [0.1, 0.15) is 11.5 Å². The normalized spacial score (nSPS) is 16.7. The molecule has 43 heavy (non-hydrogen) atoms. The minimum Gasteiger partial charge on any atom is -0.457 e. The molecule has 1 heterocycles. The number of carbonyl (C=O) groups excluding carboxylic acids is 2. The molecule has 0 atom stereocenters. The summed E-state index contributed by atoms with van der Waals surface area (Å²) in [5.41, 5.74) is 1.83. The lowest BCUT2D eigenvalue weighted by Gasteiger charge is -2.32. The van der Waals surface area contributed by atoms with E-state index in [1.165, 1.54) is 12.1 Å². The Morgan fingerprint density at radius 2 is 1.70 bits per heavy atom. The van der Waals surface area contributed by atoms with Crippen LogP contribution in [0.15, 0.2) is 83.6 Å². The molecule has 0 aromatic heterocycles. The highest BCUT2D eigenvalue weighted by Crippen LogP contribution is 2.31. The van der Waals surface area contributed by atoms with E-state index in [0.717, 1.165) is 25.0 Å². The number of carbonyl (C=O) groups is 2. The standard InChI is InChI=1S/C32H32F3N5O3/c1-21-27(30(41)39-16-2-15-36)11-12-29(37)28(21)20-38-19-22-13-17-40(18-14-22)31(42)23-3-7-25(8-4-23)43-26-9-5-24(6-10-26)32(33,34)35/h3-12,20,22,37-38H,2,13-14,16-19H2,1H3,(H,39,41)/b28-20-,37-29?. The van der Waals surface area contributed by atoms with Crippen LogP contribution in [-0.2, 0) is 11.0 Å². The van der Waals surface area contributed by atoms with E-state index >= 15 is 0 Å². The molecule has 1 saturated heterocycles. The van der Waals surface area contributed by atoms with Crippen LogP contribution in [0.3, 0.4) is 0 Å². The Labute approximate surface area is 248 Å². The lowest BCUT2D eigenvalue weighted by atomic mass is 9.92. The third kappa shape index (κ3) is 8.13. The van der Waals surface area contributed by atoms with Crippen molar-refractivity contribution in [1.29, 1.82) is 10.7 Å². The number of rotatable bonds is 9. The molecule has 3 N–H and O–H groups in total. The quantitative estimate of drug-likeness (QED) is 0.321. The lowest BCUT2D eigenvalue weighted by Crippen LogP contribution is -2.40. The van der Waals surface area contributed by atoms with Crippen LogP contribution < -0.4 is 15.4 Å². The fraction of sp³-hybridized carbons (Fsp3) is 0.312. The van der Waals surface area contributed by atoms with Crippen LogP contribution in [0.5, 0.6) is 11.5 Å². The first-order valence-electron chi connectivity index (χ1n) is 13.9. The first-order valence-corrected chi connectivity index (χ1v) is 13.9. The van der Waals surface area contributed by atoms with Gasteiger partial charge in [-0.25, -0.2) is 0 Å². The Balaban J connectivity index is 1.25. The van der Waals surface area contributed by atoms with Gasteiger partial charge in [-0.3, -0.25) is 9.59 Å². The maximum absolute atomic E-state index is 13.0. The predicted octanol–water partition coefficient (Wildman–Crippen LogP) is 5.76. The third-order valence-electron chi connectivity index (χ3n) is 7.36. The van der Waals surface area contributed by atoms with E-state index in [2.05, 4.69) is 10.6 Å². The minimum atomic E-state index is -4.41. The zero-order chi connectivity index (χ0) is 31.0. The third-order valence-corrected chi connectivity index (χ3v) is 7.36. The highest BCUT2D eigenvalue weighted by molar-refractivity contribution is 6.14. The summed E-state index contributed by atoms with van der Waals surface area (Å²) in [6, 6.07) is 12.9. The molecule has 0 radical (unpaired) electrons. The van der Waals surface area contributed by atoms with Gasteiger partial charge in [0.25, 0.3) is 11.8 Å². The molecule has 1 aliphatic carbocycles. The number of amides is 2. The van der Waals surface area contributed by atoms with Gasteiger partial charge in [-0.2, -0.15) is 18.4 Å². The smallest absolute Gasteiger partial charge is 0.416 e. The van der Waals surface area contributed by atoms with E-state index in [-0.39, 0.29) is 30.5 Å². The predicted molar refractivity (Wildman–Crippen MR) is 155 cm³/mol. The van der Waals surface area contributed by atoms with Crippen molar-refractivity contribution in [2.75, 3.05) is 26.2 Å². The van der Waals surface area contributed by atoms with Crippen molar-refractivity contribution < 1.29 is 27.5 Å². The summed E-state index contributed by atoms with van der Waals surface area (Å²) in [6.07, 6.45) is 2.37. The van der Waals surface area contributed by atoms with Crippen molar-refractivity contribution in [3.05, 3.63) is 94.7 Å². The molecule has 0 unspecified atom stereocenters. The van der Waals surface area contributed by atoms with Crippen molar-refractivity contribution in [1.82, 2.24) is 15.5 Å². The van der Waals surface area contributed by atoms with Crippen molar-refractivity contribution in [2.24, 2.45) is 5.92 Å². The molecule has 8 nitrogen and oxygen atoms in total. The van der Waals surface area contributed by atoms with Gasteiger partial charge in [0.05, 0.1) is 23.8 Å². The Hall–Kier alpha value is -4.85. The van der Waals surface area contributed by atoms with Crippen molar-refractivity contribution >= 4 is 17.5 Å². The minimum absolute atomic E-state index is 0.0987. The molecule has 2 aromatic rings. The first kappa shape index (κ1) is 31.1. The summed E-state index contributed by atoms with van der Waals surface area (Å²) in [5, 5.41) is 22.9. The number of benzene rings is 2. The molecular formula is C32H32F3N5O3. The van der Waals surface area contributed by atoms with E-state index in [1.807, 2.05) is 6.07 Å². The van der Waals surface area contributed by atoms with Crippen LogP contribution in [0.1, 0.15) is 42.1 Å². The van der Waals surface area contributed by atoms with Gasteiger partial charge in [0.2, 0.25) is 0 Å². The highest BCUT2D eigenvalue weighted by Gasteiger charge is 2.30. The van der Waals surface area contributed by atoms with Crippen LogP contribution in [0, 0.1) is 22.7 Å². The monoisotopic (exact) mass is 591 g/mol. The molecule has 2 amide bonds. The number of alkyl halides is 3. The van der Waals surface area contributed by atoms with Gasteiger partial charge in [0, 0.05) is 49.1 Å². The van der Waals surface area contributed by atoms with Gasteiger partial charge in [-0.1, -0.05) is 0 Å². The molecule has 4 rings (SSSR count). The van der Waals surface area contributed by atoms with Gasteiger partial charge in [0.15, 0.2) is 0 Å². The van der Waals surface area contributed by atoms with E-state index in [9.17, 15) is 22.8 Å². The van der Waals surface area contributed by atoms with Crippen LogP contribution in [0.25, 0.3) is 0 Å². The van der Waals surface area contributed by atoms with Crippen LogP contribution in [0.4, 0.5) is 13.2 Å². The molecule has 1 aliphatic heterocycles. The first-order chi connectivity index (χ1) is 20.6. The van der Waals surface area contributed by atoms with Gasteiger partial charge in [-0.15, -0.1) is 0 Å². The summed E-state index contributed by atoms with van der Waals surface area (Å²) in [5.74, 6) is 0.624. The number of nitrogens with zero attached hydrogens (tertiary/aromatic N) is 2. The average Bonchev–Trinajstić information content (AvgIpc) is 2.99. The number of likely N-dealkylation sites (tertiary alicyclic amines) is 1. The molecule has 11 heteroatoms. The second-order valence-electron chi connectivity index (χ2n) is 10.3. The van der Waals surface area contributed by atoms with E-state index in [0.29, 0.717) is 59.3 Å². The number of nitrogens with one attached hydrogen (secondary N) is 3.